The summed E-state index contributed by atoms with van der Waals surface area (Å²) in [6.45, 7) is 8.28. The smallest absolute Gasteiger partial charge is 0.0381 e. The molecule has 1 rings (SSSR count). The molecule has 3 heteroatoms. The Kier molecular flexibility index (Phi) is 4.81. The molecule has 0 radical (unpaired) electrons. The summed E-state index contributed by atoms with van der Waals surface area (Å²) >= 11 is 3.49. The van der Waals surface area contributed by atoms with Gasteiger partial charge in [-0.25, -0.2) is 0 Å². The number of nitrogens with one attached hydrogen (secondary N) is 1. The molecule has 0 bridgehead atoms. The van der Waals surface area contributed by atoms with Crippen LogP contribution >= 0.6 is 15.9 Å². The number of benzene rings is 1. The minimum Gasteiger partial charge on any atom is -0.384 e. The third-order valence-electron chi connectivity index (χ3n) is 2.78. The van der Waals surface area contributed by atoms with E-state index in [1.807, 2.05) is 0 Å². The third-order valence-corrected chi connectivity index (χ3v) is 3.27. The molecule has 1 aromatic carbocycles. The highest BCUT2D eigenvalue weighted by atomic mass is 79.9. The molecular formula is C13H21BrN2. The van der Waals surface area contributed by atoms with Crippen LogP contribution in [0, 0.1) is 12.3 Å². The third kappa shape index (κ3) is 4.14. The molecule has 0 atom stereocenters. The lowest BCUT2D eigenvalue weighted by Gasteiger charge is -2.25. The van der Waals surface area contributed by atoms with Crippen molar-refractivity contribution in [3.05, 3.63) is 28.2 Å². The van der Waals surface area contributed by atoms with Crippen LogP contribution in [0.4, 0.5) is 5.69 Å². The molecule has 0 unspecified atom stereocenters. The number of nitrogens with two attached hydrogens (primary N) is 1. The Labute approximate surface area is 107 Å². The van der Waals surface area contributed by atoms with Gasteiger partial charge in [-0.15, -0.1) is 0 Å². The fourth-order valence-electron chi connectivity index (χ4n) is 1.60. The van der Waals surface area contributed by atoms with E-state index in [0.29, 0.717) is 0 Å². The summed E-state index contributed by atoms with van der Waals surface area (Å²) in [4.78, 5) is 0. The lowest BCUT2D eigenvalue weighted by Crippen LogP contribution is -2.26. The van der Waals surface area contributed by atoms with Crippen LogP contribution in [0.25, 0.3) is 0 Å². The monoisotopic (exact) mass is 284 g/mol. The molecular weight excluding hydrogens is 264 g/mol. The molecule has 90 valence electrons. The first-order chi connectivity index (χ1) is 7.44. The molecule has 0 aromatic heterocycles. The standard InChI is InChI=1S/C13H21BrN2/c1-10-4-5-11(14)8-12(10)16-9-13(2,3)6-7-15/h4-5,8,16H,6-7,9,15H2,1-3H3. The van der Waals surface area contributed by atoms with E-state index in [2.05, 4.69) is 60.2 Å². The highest BCUT2D eigenvalue weighted by Gasteiger charge is 2.16. The Balaban J connectivity index is 2.63. The maximum Gasteiger partial charge on any atom is 0.0381 e. The van der Waals surface area contributed by atoms with Gasteiger partial charge in [-0.3, -0.25) is 0 Å². The zero-order valence-electron chi connectivity index (χ0n) is 10.3. The fourth-order valence-corrected chi connectivity index (χ4v) is 1.96. The van der Waals surface area contributed by atoms with Crippen LogP contribution in [0.3, 0.4) is 0 Å². The quantitative estimate of drug-likeness (QED) is 0.868. The van der Waals surface area contributed by atoms with E-state index in [9.17, 15) is 0 Å². The fraction of sp³-hybridized carbons (Fsp3) is 0.538. The number of hydrogen-bond donors (Lipinski definition) is 2. The Bertz CT molecular complexity index is 348. The summed E-state index contributed by atoms with van der Waals surface area (Å²) in [5.41, 5.74) is 8.31. The van der Waals surface area contributed by atoms with E-state index in [-0.39, 0.29) is 5.41 Å². The average molecular weight is 285 g/mol. The molecule has 0 aliphatic rings. The Morgan fingerprint density at radius 3 is 2.69 bits per heavy atom. The number of halogens is 1. The van der Waals surface area contributed by atoms with E-state index in [1.165, 1.54) is 11.3 Å². The first kappa shape index (κ1) is 13.5. The number of hydrogen-bond acceptors (Lipinski definition) is 2. The highest BCUT2D eigenvalue weighted by molar-refractivity contribution is 9.10. The molecule has 0 spiro atoms. The van der Waals surface area contributed by atoms with Crippen molar-refractivity contribution in [2.75, 3.05) is 18.4 Å². The van der Waals surface area contributed by atoms with Gasteiger partial charge in [0.2, 0.25) is 0 Å². The molecule has 3 N–H and O–H groups in total. The average Bonchev–Trinajstić information content (AvgIpc) is 2.19. The van der Waals surface area contributed by atoms with Gasteiger partial charge in [0.25, 0.3) is 0 Å². The summed E-state index contributed by atoms with van der Waals surface area (Å²) in [5, 5.41) is 3.49. The molecule has 0 saturated carbocycles. The van der Waals surface area contributed by atoms with Crippen LogP contribution in [0.15, 0.2) is 22.7 Å². The maximum atomic E-state index is 5.60. The SMILES string of the molecule is Cc1ccc(Br)cc1NCC(C)(C)CCN. The van der Waals surface area contributed by atoms with E-state index in [1.54, 1.807) is 0 Å². The summed E-state index contributed by atoms with van der Waals surface area (Å²) in [7, 11) is 0. The predicted octanol–water partition coefficient (Wildman–Crippen LogP) is 3.54. The minimum atomic E-state index is 0.240. The van der Waals surface area contributed by atoms with Gasteiger partial charge in [-0.1, -0.05) is 35.8 Å². The topological polar surface area (TPSA) is 38.0 Å². The van der Waals surface area contributed by atoms with Crippen LogP contribution < -0.4 is 11.1 Å². The summed E-state index contributed by atoms with van der Waals surface area (Å²) in [6, 6.07) is 6.29. The first-order valence-electron chi connectivity index (χ1n) is 5.65. The van der Waals surface area contributed by atoms with Gasteiger partial charge in [-0.2, -0.15) is 0 Å². The maximum absolute atomic E-state index is 5.60. The normalized spacial score (nSPS) is 11.6. The van der Waals surface area contributed by atoms with Crippen molar-refractivity contribution in [2.45, 2.75) is 27.2 Å². The summed E-state index contributed by atoms with van der Waals surface area (Å²) < 4.78 is 1.11. The second-order valence-corrected chi connectivity index (χ2v) is 5.93. The zero-order valence-corrected chi connectivity index (χ0v) is 11.9. The predicted molar refractivity (Wildman–Crippen MR) is 74.8 cm³/mol. The van der Waals surface area contributed by atoms with Crippen molar-refractivity contribution in [1.82, 2.24) is 0 Å². The molecule has 1 aromatic rings. The van der Waals surface area contributed by atoms with Crippen LogP contribution in [-0.2, 0) is 0 Å². The van der Waals surface area contributed by atoms with Crippen LogP contribution in [0.5, 0.6) is 0 Å². The van der Waals surface area contributed by atoms with Gasteiger partial charge >= 0.3 is 0 Å². The van der Waals surface area contributed by atoms with Crippen molar-refractivity contribution < 1.29 is 0 Å². The van der Waals surface area contributed by atoms with Crippen LogP contribution in [-0.4, -0.2) is 13.1 Å². The molecule has 0 aliphatic heterocycles. The first-order valence-corrected chi connectivity index (χ1v) is 6.44. The second kappa shape index (κ2) is 5.69. The van der Waals surface area contributed by atoms with E-state index >= 15 is 0 Å². The van der Waals surface area contributed by atoms with Crippen molar-refractivity contribution in [3.63, 3.8) is 0 Å². The van der Waals surface area contributed by atoms with Crippen LogP contribution in [0.2, 0.25) is 0 Å². The van der Waals surface area contributed by atoms with Crippen molar-refractivity contribution in [1.29, 1.82) is 0 Å². The van der Waals surface area contributed by atoms with Crippen molar-refractivity contribution in [3.8, 4) is 0 Å². The van der Waals surface area contributed by atoms with E-state index in [0.717, 1.165) is 24.0 Å². The second-order valence-electron chi connectivity index (χ2n) is 5.02. The minimum absolute atomic E-state index is 0.240. The number of rotatable bonds is 5. The van der Waals surface area contributed by atoms with Gasteiger partial charge < -0.3 is 11.1 Å². The molecule has 16 heavy (non-hydrogen) atoms. The molecule has 0 aliphatic carbocycles. The van der Waals surface area contributed by atoms with E-state index < -0.39 is 0 Å². The molecule has 0 fully saturated rings. The lowest BCUT2D eigenvalue weighted by atomic mass is 9.89. The Morgan fingerprint density at radius 2 is 2.06 bits per heavy atom. The number of anilines is 1. The largest absolute Gasteiger partial charge is 0.384 e. The van der Waals surface area contributed by atoms with Crippen molar-refractivity contribution in [2.24, 2.45) is 11.1 Å². The van der Waals surface area contributed by atoms with Crippen molar-refractivity contribution >= 4 is 21.6 Å². The van der Waals surface area contributed by atoms with E-state index in [4.69, 9.17) is 5.73 Å². The lowest BCUT2D eigenvalue weighted by molar-refractivity contribution is 0.365. The molecule has 2 nitrogen and oxygen atoms in total. The Hall–Kier alpha value is -0.540. The van der Waals surface area contributed by atoms with Gasteiger partial charge in [0.15, 0.2) is 0 Å². The van der Waals surface area contributed by atoms with Gasteiger partial charge in [-0.05, 0) is 43.0 Å². The Morgan fingerprint density at radius 1 is 1.38 bits per heavy atom. The molecule has 0 heterocycles. The molecule has 0 saturated heterocycles. The van der Waals surface area contributed by atoms with Crippen LogP contribution in [0.1, 0.15) is 25.8 Å². The molecule has 0 amide bonds. The number of aryl methyl sites for hydroxylation is 1. The van der Waals surface area contributed by atoms with Gasteiger partial charge in [0.1, 0.15) is 0 Å². The summed E-state index contributed by atoms with van der Waals surface area (Å²) in [6.07, 6.45) is 1.03. The highest BCUT2D eigenvalue weighted by Crippen LogP contribution is 2.24. The van der Waals surface area contributed by atoms with Gasteiger partial charge in [0, 0.05) is 16.7 Å². The van der Waals surface area contributed by atoms with Gasteiger partial charge in [0.05, 0.1) is 0 Å². The summed E-state index contributed by atoms with van der Waals surface area (Å²) in [5.74, 6) is 0. The zero-order chi connectivity index (χ0) is 12.2.